The van der Waals surface area contributed by atoms with E-state index in [4.69, 9.17) is 14.2 Å². The number of esters is 2. The van der Waals surface area contributed by atoms with Gasteiger partial charge in [-0.3, -0.25) is 4.79 Å². The van der Waals surface area contributed by atoms with Crippen LogP contribution in [0, 0.1) is 23.7 Å². The molecule has 7 atom stereocenters. The van der Waals surface area contributed by atoms with E-state index in [0.717, 1.165) is 31.2 Å². The zero-order valence-corrected chi connectivity index (χ0v) is 19.3. The second-order valence-electron chi connectivity index (χ2n) is 10.4. The van der Waals surface area contributed by atoms with Gasteiger partial charge in [0, 0.05) is 24.8 Å². The molecule has 1 aromatic rings. The molecule has 2 saturated heterocycles. The molecule has 2 aliphatic carbocycles. The number of benzene rings is 1. The number of rotatable bonds is 6. The van der Waals surface area contributed by atoms with Crippen LogP contribution >= 0.6 is 0 Å². The lowest BCUT2D eigenvalue weighted by molar-refractivity contribution is -0.259. The first kappa shape index (κ1) is 21.7. The fraction of sp³-hybridized carbons (Fsp3) is 0.630. The molecule has 2 unspecified atom stereocenters. The van der Waals surface area contributed by atoms with Gasteiger partial charge in [-0.15, -0.1) is 0 Å². The summed E-state index contributed by atoms with van der Waals surface area (Å²) in [5, 5.41) is 0. The Labute approximate surface area is 190 Å². The van der Waals surface area contributed by atoms with Gasteiger partial charge in [-0.2, -0.15) is 0 Å². The van der Waals surface area contributed by atoms with Gasteiger partial charge in [0.1, 0.15) is 23.4 Å². The second kappa shape index (κ2) is 8.02. The molecule has 2 aliphatic heterocycles. The van der Waals surface area contributed by atoms with Crippen molar-refractivity contribution in [2.75, 3.05) is 0 Å². The third kappa shape index (κ3) is 3.49. The van der Waals surface area contributed by atoms with E-state index >= 15 is 0 Å². The summed E-state index contributed by atoms with van der Waals surface area (Å²) in [6.45, 7) is 6.23. The lowest BCUT2D eigenvalue weighted by Crippen LogP contribution is -2.61. The number of hydrogen-bond acceptors (Lipinski definition) is 5. The number of carbonyl (C=O) groups excluding carboxylic acids is 2. The van der Waals surface area contributed by atoms with Gasteiger partial charge in [-0.25, -0.2) is 4.79 Å². The minimum absolute atomic E-state index is 0.180. The van der Waals surface area contributed by atoms with Crippen LogP contribution < -0.4 is 0 Å². The van der Waals surface area contributed by atoms with Gasteiger partial charge < -0.3 is 14.2 Å². The van der Waals surface area contributed by atoms with Crippen LogP contribution in [0.15, 0.2) is 36.4 Å². The highest BCUT2D eigenvalue weighted by Crippen LogP contribution is 2.66. The van der Waals surface area contributed by atoms with E-state index in [1.165, 1.54) is 6.08 Å². The SMILES string of the molecule is CCC(=O)O[C@@H]1C[C@]2(C3CC3)O[C@@]1(C)[C@@H]1CCC(C)C1[C@@H]2OC(=O)/C=C/c1ccccc1. The lowest BCUT2D eigenvalue weighted by Gasteiger charge is -2.51. The molecule has 172 valence electrons. The lowest BCUT2D eigenvalue weighted by atomic mass is 9.71. The Kier molecular flexibility index (Phi) is 5.43. The summed E-state index contributed by atoms with van der Waals surface area (Å²) in [4.78, 5) is 25.2. The first-order chi connectivity index (χ1) is 15.4. The van der Waals surface area contributed by atoms with Gasteiger partial charge in [0.25, 0.3) is 0 Å². The van der Waals surface area contributed by atoms with Gasteiger partial charge in [0.15, 0.2) is 0 Å². The van der Waals surface area contributed by atoms with Crippen molar-refractivity contribution in [1.82, 2.24) is 0 Å². The molecule has 0 amide bonds. The average Bonchev–Trinajstić information content (AvgIpc) is 3.52. The van der Waals surface area contributed by atoms with E-state index in [-0.39, 0.29) is 36.0 Å². The Balaban J connectivity index is 1.45. The molecular weight excluding hydrogens is 404 g/mol. The molecule has 2 saturated carbocycles. The summed E-state index contributed by atoms with van der Waals surface area (Å²) in [5.74, 6) is 0.749. The van der Waals surface area contributed by atoms with Crippen LogP contribution in [0.4, 0.5) is 0 Å². The zero-order valence-electron chi connectivity index (χ0n) is 19.3. The molecule has 0 spiro atoms. The zero-order chi connectivity index (χ0) is 22.5. The van der Waals surface area contributed by atoms with E-state index in [9.17, 15) is 9.59 Å². The van der Waals surface area contributed by atoms with Crippen LogP contribution in [0.25, 0.3) is 6.08 Å². The fourth-order valence-corrected chi connectivity index (χ4v) is 6.75. The van der Waals surface area contributed by atoms with Crippen LogP contribution in [0.5, 0.6) is 0 Å². The normalized spacial score (nSPS) is 40.3. The van der Waals surface area contributed by atoms with Gasteiger partial charge in [-0.05, 0) is 62.0 Å². The van der Waals surface area contributed by atoms with Crippen molar-refractivity contribution in [3.63, 3.8) is 0 Å². The van der Waals surface area contributed by atoms with E-state index in [0.29, 0.717) is 24.7 Å². The van der Waals surface area contributed by atoms with Crippen molar-refractivity contribution in [2.24, 2.45) is 23.7 Å². The maximum Gasteiger partial charge on any atom is 0.331 e. The summed E-state index contributed by atoms with van der Waals surface area (Å²) in [5.41, 5.74) is -0.0944. The Morgan fingerprint density at radius 2 is 1.88 bits per heavy atom. The molecule has 5 rings (SSSR count). The molecule has 1 aromatic carbocycles. The predicted molar refractivity (Wildman–Crippen MR) is 120 cm³/mol. The maximum atomic E-state index is 13.0. The highest BCUT2D eigenvalue weighted by atomic mass is 16.6. The summed E-state index contributed by atoms with van der Waals surface area (Å²) in [6, 6.07) is 9.77. The molecule has 0 N–H and O–H groups in total. The largest absolute Gasteiger partial charge is 0.459 e. The highest BCUT2D eigenvalue weighted by molar-refractivity contribution is 5.87. The van der Waals surface area contributed by atoms with Gasteiger partial charge in [0.05, 0.1) is 0 Å². The van der Waals surface area contributed by atoms with Crippen LogP contribution in [0.3, 0.4) is 0 Å². The molecule has 5 heteroatoms. The molecular formula is C27H34O5. The fourth-order valence-electron chi connectivity index (χ4n) is 6.75. The summed E-state index contributed by atoms with van der Waals surface area (Å²) in [7, 11) is 0. The average molecular weight is 439 g/mol. The van der Waals surface area contributed by atoms with Gasteiger partial charge >= 0.3 is 11.9 Å². The summed E-state index contributed by atoms with van der Waals surface area (Å²) >= 11 is 0. The van der Waals surface area contributed by atoms with Crippen molar-refractivity contribution in [3.05, 3.63) is 42.0 Å². The minimum atomic E-state index is -0.552. The minimum Gasteiger partial charge on any atom is -0.459 e. The second-order valence-corrected chi connectivity index (χ2v) is 10.4. The Bertz CT molecular complexity index is 906. The molecule has 2 bridgehead atoms. The topological polar surface area (TPSA) is 61.8 Å². The van der Waals surface area contributed by atoms with Crippen molar-refractivity contribution in [2.45, 2.75) is 82.7 Å². The van der Waals surface area contributed by atoms with Crippen molar-refractivity contribution in [1.29, 1.82) is 0 Å². The molecule has 0 aromatic heterocycles. The van der Waals surface area contributed by atoms with Crippen LogP contribution in [0.2, 0.25) is 0 Å². The Hall–Kier alpha value is -2.14. The number of hydrogen-bond donors (Lipinski definition) is 0. The van der Waals surface area contributed by atoms with Gasteiger partial charge in [0.2, 0.25) is 0 Å². The third-order valence-corrected chi connectivity index (χ3v) is 8.46. The van der Waals surface area contributed by atoms with Crippen LogP contribution in [-0.4, -0.2) is 35.3 Å². The van der Waals surface area contributed by atoms with Gasteiger partial charge in [-0.1, -0.05) is 44.2 Å². The number of ether oxygens (including phenoxy) is 3. The first-order valence-electron chi connectivity index (χ1n) is 12.2. The molecule has 0 radical (unpaired) electrons. The quantitative estimate of drug-likeness (QED) is 0.465. The summed E-state index contributed by atoms with van der Waals surface area (Å²) in [6.07, 6.45) is 7.97. The van der Waals surface area contributed by atoms with E-state index in [1.54, 1.807) is 6.08 Å². The molecule has 4 fully saturated rings. The van der Waals surface area contributed by atoms with E-state index in [1.807, 2.05) is 37.3 Å². The van der Waals surface area contributed by atoms with E-state index < -0.39 is 11.2 Å². The third-order valence-electron chi connectivity index (χ3n) is 8.46. The Morgan fingerprint density at radius 1 is 1.12 bits per heavy atom. The first-order valence-corrected chi connectivity index (χ1v) is 12.2. The monoisotopic (exact) mass is 438 g/mol. The summed E-state index contributed by atoms with van der Waals surface area (Å²) < 4.78 is 19.1. The predicted octanol–water partition coefficient (Wildman–Crippen LogP) is 4.94. The van der Waals surface area contributed by atoms with Crippen LogP contribution in [-0.2, 0) is 23.8 Å². The van der Waals surface area contributed by atoms with E-state index in [2.05, 4.69) is 13.8 Å². The molecule has 4 aliphatic rings. The molecule has 5 nitrogen and oxygen atoms in total. The number of carbonyl (C=O) groups is 2. The molecule has 32 heavy (non-hydrogen) atoms. The maximum absolute atomic E-state index is 13.0. The van der Waals surface area contributed by atoms with Crippen molar-refractivity contribution in [3.8, 4) is 0 Å². The van der Waals surface area contributed by atoms with Crippen molar-refractivity contribution >= 4 is 18.0 Å². The van der Waals surface area contributed by atoms with Crippen LogP contribution in [0.1, 0.15) is 64.9 Å². The smallest absolute Gasteiger partial charge is 0.331 e. The Morgan fingerprint density at radius 3 is 2.56 bits per heavy atom. The van der Waals surface area contributed by atoms with Crippen molar-refractivity contribution < 1.29 is 23.8 Å². The highest BCUT2D eigenvalue weighted by Gasteiger charge is 2.74. The standard InChI is InChI=1S/C27H34O5/c1-4-22(28)30-21-16-27(19-12-13-19)25(24-17(2)10-14-20(24)26(21,3)32-27)31-23(29)15-11-18-8-6-5-7-9-18/h5-9,11,15,17,19-21,24-25H,4,10,12-14,16H2,1-3H3/b15-11+/t17?,20-,21-,24?,25+,26+,27-/m1/s1. The molecule has 2 heterocycles. The number of fused-ring (bicyclic) bond motifs is 4.